The number of nitrogens with zero attached hydrogens (tertiary/aromatic N) is 1. The van der Waals surface area contributed by atoms with Crippen LogP contribution < -0.4 is 21.9 Å². The Morgan fingerprint density at radius 3 is 2.48 bits per heavy atom. The number of H-pyrrole nitrogens is 2. The molecule has 2 aliphatic carbocycles. The number of amides is 1. The number of aliphatic hydroxyl groups is 7. The molecule has 7 rings (SSSR count). The van der Waals surface area contributed by atoms with Crippen molar-refractivity contribution in [3.8, 4) is 0 Å². The lowest BCUT2D eigenvalue weighted by molar-refractivity contribution is -0.312. The fraction of sp³-hybridized carbons (Fsp3) is 0.567. The van der Waals surface area contributed by atoms with E-state index in [-0.39, 0.29) is 35.0 Å². The number of carbonyl (C=O) groups excluding carboxylic acids is 2. The molecule has 0 bridgehead atoms. The van der Waals surface area contributed by atoms with Crippen LogP contribution in [0.3, 0.4) is 0 Å². The molecule has 13 atom stereocenters. The molecular formula is C30H34BrN5O14. The van der Waals surface area contributed by atoms with Crippen LogP contribution in [0.15, 0.2) is 37.3 Å². The Balaban J connectivity index is 1.33. The first-order chi connectivity index (χ1) is 23.6. The lowest BCUT2D eigenvalue weighted by Gasteiger charge is -2.44. The summed E-state index contributed by atoms with van der Waals surface area (Å²) in [5, 5.41) is 81.2. The summed E-state index contributed by atoms with van der Waals surface area (Å²) in [6.45, 7) is 0.506. The third-order valence-electron chi connectivity index (χ3n) is 10.3. The van der Waals surface area contributed by atoms with Crippen molar-refractivity contribution in [2.75, 3.05) is 23.8 Å². The average molecular weight is 769 g/mol. The van der Waals surface area contributed by atoms with Crippen molar-refractivity contribution in [1.82, 2.24) is 9.97 Å². The molecule has 3 fully saturated rings. The second kappa shape index (κ2) is 12.3. The molecule has 1 spiro atoms. The fourth-order valence-corrected chi connectivity index (χ4v) is 8.30. The van der Waals surface area contributed by atoms with Gasteiger partial charge in [0, 0.05) is 29.0 Å². The third kappa shape index (κ3) is 5.08. The fourth-order valence-electron chi connectivity index (χ4n) is 7.94. The maximum absolute atomic E-state index is 14.7. The van der Waals surface area contributed by atoms with Gasteiger partial charge in [0.25, 0.3) is 5.56 Å². The van der Waals surface area contributed by atoms with Crippen LogP contribution in [0.2, 0.25) is 0 Å². The van der Waals surface area contributed by atoms with Crippen LogP contribution in [-0.4, -0.2) is 137 Å². The maximum atomic E-state index is 14.7. The number of nitrogens with one attached hydrogen (secondary N) is 4. The van der Waals surface area contributed by atoms with Crippen LogP contribution in [0, 0.1) is 11.8 Å². The highest BCUT2D eigenvalue weighted by molar-refractivity contribution is 9.10. The van der Waals surface area contributed by atoms with E-state index in [1.165, 1.54) is 13.0 Å². The molecule has 270 valence electrons. The van der Waals surface area contributed by atoms with Crippen molar-refractivity contribution >= 4 is 50.7 Å². The molecule has 11 N–H and O–H groups in total. The number of esters is 1. The van der Waals surface area contributed by atoms with E-state index in [0.717, 1.165) is 0 Å². The predicted octanol–water partition coefficient (Wildman–Crippen LogP) is -3.57. The smallest absolute Gasteiger partial charge is 0.327 e. The Kier molecular flexibility index (Phi) is 8.57. The number of aromatic nitrogens is 2. The van der Waals surface area contributed by atoms with Crippen LogP contribution in [0.4, 0.5) is 17.2 Å². The molecule has 1 saturated heterocycles. The van der Waals surface area contributed by atoms with Crippen LogP contribution in [0.5, 0.6) is 0 Å². The molecule has 5 aliphatic rings. The van der Waals surface area contributed by atoms with E-state index < -0.39 is 114 Å². The number of aromatic amines is 2. The first-order valence-corrected chi connectivity index (χ1v) is 16.5. The van der Waals surface area contributed by atoms with E-state index in [0.29, 0.717) is 4.47 Å². The lowest BCUT2D eigenvalue weighted by Crippen LogP contribution is -2.63. The molecule has 1 aromatic heterocycles. The number of rotatable bonds is 4. The first kappa shape index (κ1) is 34.9. The summed E-state index contributed by atoms with van der Waals surface area (Å²) in [5.74, 6) is -5.06. The highest BCUT2D eigenvalue weighted by Gasteiger charge is 2.75. The van der Waals surface area contributed by atoms with Gasteiger partial charge in [-0.2, -0.15) is 0 Å². The topological polar surface area (TPSA) is 306 Å². The Labute approximate surface area is 289 Å². The Bertz CT molecular complexity index is 1880. The van der Waals surface area contributed by atoms with Gasteiger partial charge < -0.3 is 60.6 Å². The van der Waals surface area contributed by atoms with E-state index in [4.69, 9.17) is 14.2 Å². The van der Waals surface area contributed by atoms with Gasteiger partial charge in [-0.05, 0) is 24.6 Å². The molecule has 0 radical (unpaired) electrons. The van der Waals surface area contributed by atoms with Crippen molar-refractivity contribution in [1.29, 1.82) is 0 Å². The number of carbonyl (C=O) groups is 2. The number of aliphatic imine (C=N–C) groups is 1. The highest BCUT2D eigenvalue weighted by Crippen LogP contribution is 2.60. The zero-order chi connectivity index (χ0) is 36.0. The molecule has 3 aliphatic heterocycles. The number of halogens is 1. The summed E-state index contributed by atoms with van der Waals surface area (Å²) in [4.78, 5) is 62.7. The minimum atomic E-state index is -2.31. The van der Waals surface area contributed by atoms with Crippen molar-refractivity contribution < 1.29 is 59.5 Å². The zero-order valence-electron chi connectivity index (χ0n) is 26.0. The molecule has 4 heterocycles. The Morgan fingerprint density at radius 1 is 1.00 bits per heavy atom. The zero-order valence-corrected chi connectivity index (χ0v) is 27.6. The maximum Gasteiger partial charge on any atom is 0.327 e. The van der Waals surface area contributed by atoms with Gasteiger partial charge in [0.1, 0.15) is 47.4 Å². The number of anilines is 2. The van der Waals surface area contributed by atoms with Crippen molar-refractivity contribution in [3.63, 3.8) is 0 Å². The summed E-state index contributed by atoms with van der Waals surface area (Å²) >= 11 is 3.35. The summed E-state index contributed by atoms with van der Waals surface area (Å²) in [7, 11) is 0. The third-order valence-corrected chi connectivity index (χ3v) is 10.8. The number of fused-ring (bicyclic) bond motifs is 4. The van der Waals surface area contributed by atoms with E-state index in [1.807, 2.05) is 0 Å². The van der Waals surface area contributed by atoms with E-state index in [9.17, 15) is 54.9 Å². The second-order valence-corrected chi connectivity index (χ2v) is 14.1. The largest absolute Gasteiger partial charge is 0.456 e. The molecule has 19 nitrogen and oxygen atoms in total. The normalized spacial score (nSPS) is 40.5. The summed E-state index contributed by atoms with van der Waals surface area (Å²) in [6.07, 6.45) is -15.9. The van der Waals surface area contributed by atoms with Crippen LogP contribution in [0.25, 0.3) is 0 Å². The quantitative estimate of drug-likeness (QED) is 0.134. The van der Waals surface area contributed by atoms with Gasteiger partial charge in [-0.15, -0.1) is 0 Å². The van der Waals surface area contributed by atoms with E-state index >= 15 is 0 Å². The molecule has 1 aromatic carbocycles. The van der Waals surface area contributed by atoms with E-state index in [2.05, 4.69) is 41.5 Å². The Hall–Kier alpha value is -3.57. The molecule has 20 heteroatoms. The minimum absolute atomic E-state index is 0.112. The van der Waals surface area contributed by atoms with Crippen molar-refractivity contribution in [2.24, 2.45) is 16.8 Å². The van der Waals surface area contributed by atoms with Crippen LogP contribution in [-0.2, 0) is 29.2 Å². The lowest BCUT2D eigenvalue weighted by atomic mass is 9.65. The van der Waals surface area contributed by atoms with Crippen molar-refractivity contribution in [3.05, 3.63) is 49.1 Å². The number of hydrogen-bond donors (Lipinski definition) is 11. The monoisotopic (exact) mass is 767 g/mol. The number of hydrogen-bond acceptors (Lipinski definition) is 16. The van der Waals surface area contributed by atoms with Crippen molar-refractivity contribution in [2.45, 2.75) is 79.5 Å². The molecule has 1 amide bonds. The highest BCUT2D eigenvalue weighted by atomic mass is 79.9. The minimum Gasteiger partial charge on any atom is -0.456 e. The SMILES string of the molecule is C[C@@]1(O)C2=Nc3c([nH]c(=O)[nH]c3=O)NCC2C(C(=O)O[C@@H]2[C@@H](O)[C@@H](O)C[C@H](O)[C@H]2O[C@@H]2OC[C@@H](O)[C@@H](O)[C@H]2O)[C@]12C(=O)Nc1cc(Br)ccc12. The van der Waals surface area contributed by atoms with Crippen LogP contribution in [0.1, 0.15) is 18.9 Å². The van der Waals surface area contributed by atoms with E-state index in [1.54, 1.807) is 12.1 Å². The Morgan fingerprint density at radius 2 is 1.74 bits per heavy atom. The van der Waals surface area contributed by atoms with Gasteiger partial charge in [-0.1, -0.05) is 22.0 Å². The number of ether oxygens (including phenoxy) is 3. The molecule has 50 heavy (non-hydrogen) atoms. The number of benzene rings is 1. The second-order valence-electron chi connectivity index (χ2n) is 13.2. The van der Waals surface area contributed by atoms with Gasteiger partial charge in [0.2, 0.25) is 5.91 Å². The molecular weight excluding hydrogens is 734 g/mol. The number of aliphatic hydroxyl groups excluding tert-OH is 6. The molecule has 2 unspecified atom stereocenters. The van der Waals surface area contributed by atoms with Gasteiger partial charge in [0.05, 0.1) is 30.4 Å². The van der Waals surface area contributed by atoms with Gasteiger partial charge in [0.15, 0.2) is 18.1 Å². The average Bonchev–Trinajstić information content (AvgIpc) is 3.33. The standard InChI is InChI=1S/C30H34BrN5O14/c1-29(47)22-9(6-32-23-16(34-22)24(43)36-28(46)35-23)15(30(29)10-3-2-8(31)4-11(10)33-27(30)45)25(44)49-21-18(41)12(37)5-13(38)20(21)50-26-19(42)17(40)14(39)7-48-26/h2-4,9,12-15,17-21,26,37-42,47H,5-7H2,1H3,(H,33,45)(H3,32,35,36,43,46)/t9?,12-,13-,14+,15?,17+,18-,19+,20+,21+,26-,29+,30+/m0/s1. The molecule has 2 saturated carbocycles. The molecule has 2 aromatic rings. The summed E-state index contributed by atoms with van der Waals surface area (Å²) in [5.41, 5.74) is -6.36. The summed E-state index contributed by atoms with van der Waals surface area (Å²) in [6, 6.07) is 4.66. The summed E-state index contributed by atoms with van der Waals surface area (Å²) < 4.78 is 17.4. The van der Waals surface area contributed by atoms with Gasteiger partial charge in [-0.3, -0.25) is 24.4 Å². The predicted molar refractivity (Wildman–Crippen MR) is 170 cm³/mol. The van der Waals surface area contributed by atoms with Gasteiger partial charge in [-0.25, -0.2) is 9.79 Å². The van der Waals surface area contributed by atoms with Gasteiger partial charge >= 0.3 is 11.7 Å². The van der Waals surface area contributed by atoms with Crippen LogP contribution >= 0.6 is 15.9 Å². The first-order valence-electron chi connectivity index (χ1n) is 15.7.